The highest BCUT2D eigenvalue weighted by atomic mass is 19.4. The molecule has 0 N–H and O–H groups in total. The van der Waals surface area contributed by atoms with Gasteiger partial charge in [-0.1, -0.05) is 41.6 Å². The largest absolute Gasteiger partial charge is 0.397 e. The van der Waals surface area contributed by atoms with E-state index in [1.807, 2.05) is 18.0 Å². The molecule has 2 aromatic heterocycles. The van der Waals surface area contributed by atoms with Gasteiger partial charge in [0.05, 0.1) is 17.5 Å². The topological polar surface area (TPSA) is 84.5 Å². The van der Waals surface area contributed by atoms with Crippen LogP contribution in [0.1, 0.15) is 35.3 Å². The minimum Gasteiger partial charge on any atom is -0.336 e. The van der Waals surface area contributed by atoms with Gasteiger partial charge in [-0.2, -0.15) is 18.2 Å². The van der Waals surface area contributed by atoms with Crippen LogP contribution in [0.15, 0.2) is 76.2 Å². The normalized spacial score (nSPS) is 14.8. The van der Waals surface area contributed by atoms with Crippen molar-refractivity contribution in [2.45, 2.75) is 32.0 Å². The van der Waals surface area contributed by atoms with Gasteiger partial charge in [0, 0.05) is 49.6 Å². The Labute approximate surface area is 235 Å². The third kappa shape index (κ3) is 5.95. The number of carbonyl (C=O) groups excluding carboxylic acids is 1. The Balaban J connectivity index is 1.33. The van der Waals surface area contributed by atoms with Gasteiger partial charge in [0.25, 0.3) is 17.4 Å². The second-order valence-electron chi connectivity index (χ2n) is 10.8. The number of piperazine rings is 1. The van der Waals surface area contributed by atoms with Crippen LogP contribution in [0.25, 0.3) is 22.8 Å². The van der Waals surface area contributed by atoms with Crippen LogP contribution in [-0.2, 0) is 12.0 Å². The molecule has 2 aromatic carbocycles. The molecule has 11 heteroatoms. The number of halogens is 3. The van der Waals surface area contributed by atoms with Crippen LogP contribution in [0.4, 0.5) is 13.2 Å². The summed E-state index contributed by atoms with van der Waals surface area (Å²) in [6, 6.07) is 16.1. The van der Waals surface area contributed by atoms with Crippen LogP contribution >= 0.6 is 0 Å². The fourth-order valence-corrected chi connectivity index (χ4v) is 4.63. The molecule has 0 atom stereocenters. The molecule has 0 unspecified atom stereocenters. The van der Waals surface area contributed by atoms with Crippen molar-refractivity contribution in [3.05, 3.63) is 93.9 Å². The molecule has 41 heavy (non-hydrogen) atoms. The molecule has 1 saturated heterocycles. The number of alkyl halides is 3. The van der Waals surface area contributed by atoms with E-state index < -0.39 is 11.6 Å². The van der Waals surface area contributed by atoms with E-state index in [1.54, 1.807) is 30.5 Å². The van der Waals surface area contributed by atoms with E-state index in [2.05, 4.69) is 15.0 Å². The van der Waals surface area contributed by atoms with Crippen molar-refractivity contribution in [3.8, 4) is 22.8 Å². The van der Waals surface area contributed by atoms with Crippen LogP contribution in [0.3, 0.4) is 0 Å². The number of nitrogens with zero attached hydrogens (tertiary/aromatic N) is 5. The molecule has 214 valence electrons. The average molecular weight is 566 g/mol. The molecule has 1 aliphatic rings. The Morgan fingerprint density at radius 2 is 1.63 bits per heavy atom. The number of hydrogen-bond donors (Lipinski definition) is 0. The first kappa shape index (κ1) is 28.3. The summed E-state index contributed by atoms with van der Waals surface area (Å²) in [4.78, 5) is 34.1. The van der Waals surface area contributed by atoms with Crippen LogP contribution in [-0.4, -0.2) is 69.8 Å². The van der Waals surface area contributed by atoms with Gasteiger partial charge >= 0.3 is 6.18 Å². The number of pyridine rings is 1. The number of carbonyl (C=O) groups is 1. The monoisotopic (exact) mass is 565 g/mol. The Kier molecular flexibility index (Phi) is 7.56. The van der Waals surface area contributed by atoms with Crippen LogP contribution in [0, 0.1) is 0 Å². The molecule has 5 rings (SSSR count). The lowest BCUT2D eigenvalue weighted by molar-refractivity contribution is -0.180. The zero-order valence-electron chi connectivity index (χ0n) is 23.0. The van der Waals surface area contributed by atoms with Gasteiger partial charge in [0.15, 0.2) is 0 Å². The van der Waals surface area contributed by atoms with E-state index in [-0.39, 0.29) is 35.3 Å². The maximum atomic E-state index is 13.4. The third-order valence-electron chi connectivity index (χ3n) is 7.55. The van der Waals surface area contributed by atoms with Crippen molar-refractivity contribution in [2.24, 2.45) is 0 Å². The zero-order valence-corrected chi connectivity index (χ0v) is 23.0. The summed E-state index contributed by atoms with van der Waals surface area (Å²) in [5, 5.41) is 3.98. The first-order chi connectivity index (χ1) is 19.4. The average Bonchev–Trinajstić information content (AvgIpc) is 3.44. The van der Waals surface area contributed by atoms with Gasteiger partial charge in [-0.3, -0.25) is 9.59 Å². The number of likely N-dealkylation sites (N-methyl/N-ethyl adjacent to an activating group) is 1. The highest BCUT2D eigenvalue weighted by molar-refractivity contribution is 5.94. The molecule has 3 heterocycles. The molecule has 0 radical (unpaired) electrons. The Morgan fingerprint density at radius 3 is 2.32 bits per heavy atom. The van der Waals surface area contributed by atoms with E-state index in [0.717, 1.165) is 32.5 Å². The summed E-state index contributed by atoms with van der Waals surface area (Å²) in [7, 11) is 2.03. The SMILES string of the molecule is CN1CCN(C(=O)c2cccc(Cn3cc(-c4nc(-c5ccc(C(C)(C)C(F)(F)F)cc5)no4)ccc3=O)c2)CC1. The second kappa shape index (κ2) is 11.0. The lowest BCUT2D eigenvalue weighted by atomic mass is 9.83. The fraction of sp³-hybridized carbons (Fsp3) is 0.333. The quantitative estimate of drug-likeness (QED) is 0.333. The van der Waals surface area contributed by atoms with Gasteiger partial charge in [0.2, 0.25) is 5.82 Å². The van der Waals surface area contributed by atoms with Crippen molar-refractivity contribution < 1.29 is 22.5 Å². The third-order valence-corrected chi connectivity index (χ3v) is 7.55. The minimum atomic E-state index is -4.39. The molecular weight excluding hydrogens is 535 g/mol. The predicted octanol–water partition coefficient (Wildman–Crippen LogP) is 4.84. The second-order valence-corrected chi connectivity index (χ2v) is 10.8. The lowest BCUT2D eigenvalue weighted by Crippen LogP contribution is -2.47. The summed E-state index contributed by atoms with van der Waals surface area (Å²) in [5.41, 5.74) is 0.240. The number of benzene rings is 2. The van der Waals surface area contributed by atoms with E-state index in [4.69, 9.17) is 4.52 Å². The number of rotatable bonds is 6. The molecule has 1 aliphatic heterocycles. The summed E-state index contributed by atoms with van der Waals surface area (Å²) in [6.07, 6.45) is -2.79. The maximum Gasteiger partial charge on any atom is 0.397 e. The molecule has 4 aromatic rings. The van der Waals surface area contributed by atoms with Gasteiger partial charge in [-0.25, -0.2) is 0 Å². The van der Waals surface area contributed by atoms with E-state index >= 15 is 0 Å². The van der Waals surface area contributed by atoms with Crippen LogP contribution in [0.5, 0.6) is 0 Å². The van der Waals surface area contributed by atoms with Crippen molar-refractivity contribution in [1.82, 2.24) is 24.5 Å². The number of amides is 1. The van der Waals surface area contributed by atoms with Crippen LogP contribution < -0.4 is 5.56 Å². The van der Waals surface area contributed by atoms with Crippen molar-refractivity contribution in [2.75, 3.05) is 33.2 Å². The highest BCUT2D eigenvalue weighted by Crippen LogP contribution is 2.40. The summed E-state index contributed by atoms with van der Waals surface area (Å²) in [6.45, 7) is 5.48. The summed E-state index contributed by atoms with van der Waals surface area (Å²) < 4.78 is 47.1. The molecule has 8 nitrogen and oxygen atoms in total. The van der Waals surface area contributed by atoms with Crippen molar-refractivity contribution in [1.29, 1.82) is 0 Å². The van der Waals surface area contributed by atoms with Gasteiger partial charge in [-0.05, 0) is 50.2 Å². The van der Waals surface area contributed by atoms with Crippen molar-refractivity contribution in [3.63, 3.8) is 0 Å². The first-order valence-corrected chi connectivity index (χ1v) is 13.2. The Hall–Kier alpha value is -4.25. The zero-order chi connectivity index (χ0) is 29.4. The van der Waals surface area contributed by atoms with E-state index in [0.29, 0.717) is 29.8 Å². The first-order valence-electron chi connectivity index (χ1n) is 13.2. The number of aromatic nitrogens is 3. The maximum absolute atomic E-state index is 13.4. The molecule has 0 spiro atoms. The van der Waals surface area contributed by atoms with Crippen LogP contribution in [0.2, 0.25) is 0 Å². The Bertz CT molecular complexity index is 1600. The molecule has 1 amide bonds. The minimum absolute atomic E-state index is 0.0329. The molecular formula is C30H30F3N5O3. The molecule has 0 saturated carbocycles. The standard InChI is InChI=1S/C30H30F3N5O3/c1-29(2,30(31,32)33)24-10-7-21(8-11-24)26-34-27(41-35-26)23-9-12-25(39)38(19-23)18-20-5-4-6-22(17-20)28(40)37-15-13-36(3)14-16-37/h4-12,17,19H,13-16,18H2,1-3H3. The lowest BCUT2D eigenvalue weighted by Gasteiger charge is -2.32. The number of hydrogen-bond acceptors (Lipinski definition) is 6. The van der Waals surface area contributed by atoms with E-state index in [1.165, 1.54) is 34.9 Å². The highest BCUT2D eigenvalue weighted by Gasteiger charge is 2.48. The summed E-state index contributed by atoms with van der Waals surface area (Å²) >= 11 is 0. The summed E-state index contributed by atoms with van der Waals surface area (Å²) in [5.74, 6) is 0.339. The van der Waals surface area contributed by atoms with Gasteiger partial charge in [-0.15, -0.1) is 0 Å². The van der Waals surface area contributed by atoms with Gasteiger partial charge in [0.1, 0.15) is 0 Å². The smallest absolute Gasteiger partial charge is 0.336 e. The Morgan fingerprint density at radius 1 is 0.951 bits per heavy atom. The molecule has 0 aliphatic carbocycles. The van der Waals surface area contributed by atoms with Gasteiger partial charge < -0.3 is 18.9 Å². The predicted molar refractivity (Wildman–Crippen MR) is 147 cm³/mol. The van der Waals surface area contributed by atoms with E-state index in [9.17, 15) is 22.8 Å². The fourth-order valence-electron chi connectivity index (χ4n) is 4.63. The molecule has 0 bridgehead atoms. The van der Waals surface area contributed by atoms with Crippen molar-refractivity contribution >= 4 is 5.91 Å². The molecule has 1 fully saturated rings.